The third-order valence-electron chi connectivity index (χ3n) is 4.38. The molecule has 0 atom stereocenters. The van der Waals surface area contributed by atoms with E-state index in [1.807, 2.05) is 58.0 Å². The molecule has 2 N–H and O–H groups in total. The zero-order chi connectivity index (χ0) is 19.9. The predicted octanol–water partition coefficient (Wildman–Crippen LogP) is 2.51. The van der Waals surface area contributed by atoms with Gasteiger partial charge in [0.1, 0.15) is 12.1 Å². The molecule has 4 aromatic rings. The van der Waals surface area contributed by atoms with Gasteiger partial charge in [-0.3, -0.25) is 9.25 Å². The Balaban J connectivity index is 1.25. The fourth-order valence-electron chi connectivity index (χ4n) is 2.91. The second-order valence-corrected chi connectivity index (χ2v) is 6.55. The molecule has 1 aromatic carbocycles. The quantitative estimate of drug-likeness (QED) is 0.510. The van der Waals surface area contributed by atoms with E-state index in [4.69, 9.17) is 0 Å². The maximum atomic E-state index is 12.1. The summed E-state index contributed by atoms with van der Waals surface area (Å²) in [7, 11) is 0. The summed E-state index contributed by atoms with van der Waals surface area (Å²) in [5.41, 5.74) is 3.10. The largest absolute Gasteiger partial charge is 0.334 e. The molecule has 0 spiro atoms. The maximum Gasteiger partial charge on any atom is 0.315 e. The van der Waals surface area contributed by atoms with Gasteiger partial charge in [-0.15, -0.1) is 0 Å². The molecule has 3 heterocycles. The number of hydrogen-bond acceptors (Lipinski definition) is 4. The van der Waals surface area contributed by atoms with Crippen LogP contribution in [0.3, 0.4) is 0 Å². The Bertz CT molecular complexity index is 1040. The zero-order valence-corrected chi connectivity index (χ0v) is 15.8. The Kier molecular flexibility index (Phi) is 5.61. The molecule has 29 heavy (non-hydrogen) atoms. The van der Waals surface area contributed by atoms with E-state index < -0.39 is 0 Å². The molecule has 0 aliphatic rings. The number of aromatic nitrogens is 5. The fraction of sp³-hybridized carbons (Fsp3) is 0.143. The summed E-state index contributed by atoms with van der Waals surface area (Å²) >= 11 is 0. The van der Waals surface area contributed by atoms with Crippen LogP contribution in [0.2, 0.25) is 0 Å². The number of rotatable bonds is 7. The van der Waals surface area contributed by atoms with Gasteiger partial charge in [-0.05, 0) is 28.8 Å². The standard InChI is InChI=1S/C21H21N7O/c29-21(25-14-19-5-6-20(23-13-19)27-10-8-22-16-27)24-12-17-3-1-4-18(11-17)15-28-9-2-7-26-28/h1-11,13,16H,12,14-15H2,(H2,24,25,29). The van der Waals surface area contributed by atoms with Crippen LogP contribution in [0, 0.1) is 0 Å². The number of nitrogens with one attached hydrogen (secondary N) is 2. The van der Waals surface area contributed by atoms with Crippen LogP contribution in [0.4, 0.5) is 4.79 Å². The van der Waals surface area contributed by atoms with Crippen molar-refractivity contribution in [3.05, 3.63) is 96.5 Å². The van der Waals surface area contributed by atoms with Crippen molar-refractivity contribution in [1.82, 2.24) is 34.9 Å². The molecule has 0 unspecified atom stereocenters. The summed E-state index contributed by atoms with van der Waals surface area (Å²) in [6.45, 7) is 1.56. The van der Waals surface area contributed by atoms with Gasteiger partial charge in [-0.1, -0.05) is 30.3 Å². The van der Waals surface area contributed by atoms with E-state index in [2.05, 4.69) is 31.8 Å². The number of carbonyl (C=O) groups excluding carboxylic acids is 1. The summed E-state index contributed by atoms with van der Waals surface area (Å²) in [5.74, 6) is 0.783. The molecule has 0 radical (unpaired) electrons. The van der Waals surface area contributed by atoms with Crippen molar-refractivity contribution >= 4 is 6.03 Å². The number of urea groups is 1. The number of pyridine rings is 1. The van der Waals surface area contributed by atoms with E-state index in [1.165, 1.54) is 0 Å². The van der Waals surface area contributed by atoms with Crippen LogP contribution < -0.4 is 10.6 Å². The highest BCUT2D eigenvalue weighted by Crippen LogP contribution is 2.07. The lowest BCUT2D eigenvalue weighted by atomic mass is 10.1. The molecule has 0 aliphatic carbocycles. The maximum absolute atomic E-state index is 12.1. The van der Waals surface area contributed by atoms with Gasteiger partial charge < -0.3 is 10.6 Å². The van der Waals surface area contributed by atoms with Crippen LogP contribution in [0.5, 0.6) is 0 Å². The van der Waals surface area contributed by atoms with E-state index in [0.29, 0.717) is 19.6 Å². The molecular weight excluding hydrogens is 366 g/mol. The van der Waals surface area contributed by atoms with E-state index in [-0.39, 0.29) is 6.03 Å². The van der Waals surface area contributed by atoms with Gasteiger partial charge >= 0.3 is 6.03 Å². The Hall–Kier alpha value is -3.94. The lowest BCUT2D eigenvalue weighted by Crippen LogP contribution is -2.34. The summed E-state index contributed by atoms with van der Waals surface area (Å²) in [6.07, 6.45) is 10.7. The number of nitrogens with zero attached hydrogens (tertiary/aromatic N) is 5. The summed E-state index contributed by atoms with van der Waals surface area (Å²) in [5, 5.41) is 9.95. The predicted molar refractivity (Wildman–Crippen MR) is 108 cm³/mol. The molecule has 2 amide bonds. The molecule has 0 bridgehead atoms. The van der Waals surface area contributed by atoms with Crippen molar-refractivity contribution in [2.45, 2.75) is 19.6 Å². The molecule has 0 saturated carbocycles. The summed E-state index contributed by atoms with van der Waals surface area (Å²) in [4.78, 5) is 20.5. The van der Waals surface area contributed by atoms with Gasteiger partial charge in [0.15, 0.2) is 0 Å². The van der Waals surface area contributed by atoms with Crippen LogP contribution in [0.15, 0.2) is 79.8 Å². The minimum Gasteiger partial charge on any atom is -0.334 e. The van der Waals surface area contributed by atoms with E-state index in [1.54, 1.807) is 24.9 Å². The Labute approximate surface area is 168 Å². The van der Waals surface area contributed by atoms with Crippen molar-refractivity contribution in [2.24, 2.45) is 0 Å². The lowest BCUT2D eigenvalue weighted by molar-refractivity contribution is 0.240. The highest BCUT2D eigenvalue weighted by Gasteiger charge is 2.04. The van der Waals surface area contributed by atoms with Crippen LogP contribution in [0.25, 0.3) is 5.82 Å². The highest BCUT2D eigenvalue weighted by molar-refractivity contribution is 5.73. The van der Waals surface area contributed by atoms with E-state index in [9.17, 15) is 4.79 Å². The van der Waals surface area contributed by atoms with Gasteiger partial charge in [0.2, 0.25) is 0 Å². The smallest absolute Gasteiger partial charge is 0.315 e. The van der Waals surface area contributed by atoms with E-state index in [0.717, 1.165) is 22.5 Å². The van der Waals surface area contributed by atoms with Gasteiger partial charge in [-0.25, -0.2) is 14.8 Å². The number of carbonyl (C=O) groups is 1. The average Bonchev–Trinajstić information content (AvgIpc) is 3.46. The highest BCUT2D eigenvalue weighted by atomic mass is 16.2. The first-order chi connectivity index (χ1) is 14.3. The number of amides is 2. The first-order valence-corrected chi connectivity index (χ1v) is 9.26. The number of benzene rings is 1. The molecule has 8 nitrogen and oxygen atoms in total. The average molecular weight is 387 g/mol. The Morgan fingerprint density at radius 2 is 1.79 bits per heavy atom. The lowest BCUT2D eigenvalue weighted by Gasteiger charge is -2.09. The third kappa shape index (κ3) is 5.07. The molecule has 3 aromatic heterocycles. The van der Waals surface area contributed by atoms with Gasteiger partial charge in [0.25, 0.3) is 0 Å². The van der Waals surface area contributed by atoms with Crippen molar-refractivity contribution in [3.8, 4) is 5.82 Å². The third-order valence-corrected chi connectivity index (χ3v) is 4.38. The molecule has 8 heteroatoms. The monoisotopic (exact) mass is 387 g/mol. The molecule has 0 aliphatic heterocycles. The van der Waals surface area contributed by atoms with Crippen LogP contribution in [-0.2, 0) is 19.6 Å². The number of imidazole rings is 1. The van der Waals surface area contributed by atoms with Crippen LogP contribution >= 0.6 is 0 Å². The van der Waals surface area contributed by atoms with Crippen molar-refractivity contribution < 1.29 is 4.79 Å². The Morgan fingerprint density at radius 1 is 0.931 bits per heavy atom. The topological polar surface area (TPSA) is 89.7 Å². The van der Waals surface area contributed by atoms with Crippen LogP contribution in [0.1, 0.15) is 16.7 Å². The van der Waals surface area contributed by atoms with Gasteiger partial charge in [0, 0.05) is 44.1 Å². The molecular formula is C21H21N7O. The molecule has 4 rings (SSSR count). The Morgan fingerprint density at radius 3 is 2.52 bits per heavy atom. The number of hydrogen-bond donors (Lipinski definition) is 2. The zero-order valence-electron chi connectivity index (χ0n) is 15.8. The first kappa shape index (κ1) is 18.4. The normalized spacial score (nSPS) is 10.6. The van der Waals surface area contributed by atoms with Crippen molar-refractivity contribution in [3.63, 3.8) is 0 Å². The second-order valence-electron chi connectivity index (χ2n) is 6.55. The molecule has 0 saturated heterocycles. The van der Waals surface area contributed by atoms with Gasteiger partial charge in [-0.2, -0.15) is 5.10 Å². The minimum atomic E-state index is -0.221. The molecule has 146 valence electrons. The van der Waals surface area contributed by atoms with Crippen molar-refractivity contribution in [1.29, 1.82) is 0 Å². The first-order valence-electron chi connectivity index (χ1n) is 9.26. The summed E-state index contributed by atoms with van der Waals surface area (Å²) in [6, 6.07) is 13.6. The second kappa shape index (κ2) is 8.83. The van der Waals surface area contributed by atoms with Crippen LogP contribution in [-0.4, -0.2) is 30.3 Å². The van der Waals surface area contributed by atoms with Crippen molar-refractivity contribution in [2.75, 3.05) is 0 Å². The SMILES string of the molecule is O=C(NCc1ccc(-n2ccnc2)nc1)NCc1cccc(Cn2cccn2)c1. The summed E-state index contributed by atoms with van der Waals surface area (Å²) < 4.78 is 3.69. The van der Waals surface area contributed by atoms with E-state index >= 15 is 0 Å². The van der Waals surface area contributed by atoms with Gasteiger partial charge in [0.05, 0.1) is 6.54 Å². The molecule has 0 fully saturated rings. The minimum absolute atomic E-state index is 0.221. The fourth-order valence-corrected chi connectivity index (χ4v) is 2.91.